The number of guanidine groups is 1. The van der Waals surface area contributed by atoms with E-state index in [1.54, 1.807) is 0 Å². The highest BCUT2D eigenvalue weighted by atomic mass is 127. The van der Waals surface area contributed by atoms with Crippen molar-refractivity contribution in [3.63, 3.8) is 0 Å². The quantitative estimate of drug-likeness (QED) is 0.242. The number of nitrogens with zero attached hydrogens (tertiary/aromatic N) is 4. The molecule has 1 aromatic carbocycles. The number of rotatable bonds is 8. The number of aliphatic imine (C=N–C) groups is 1. The van der Waals surface area contributed by atoms with Gasteiger partial charge < -0.3 is 20.4 Å². The molecule has 1 aromatic heterocycles. The fourth-order valence-electron chi connectivity index (χ4n) is 3.55. The van der Waals surface area contributed by atoms with E-state index in [0.717, 1.165) is 76.0 Å². The molecule has 3 rings (SSSR count). The number of likely N-dealkylation sites (N-methyl/N-ethyl adjacent to an activating group) is 1. The van der Waals surface area contributed by atoms with E-state index < -0.39 is 0 Å². The zero-order valence-corrected chi connectivity index (χ0v) is 20.5. The Morgan fingerprint density at radius 3 is 2.40 bits per heavy atom. The largest absolute Gasteiger partial charge is 0.356 e. The van der Waals surface area contributed by atoms with Gasteiger partial charge in [0.1, 0.15) is 5.82 Å². The van der Waals surface area contributed by atoms with Crippen LogP contribution in [0.25, 0.3) is 0 Å². The van der Waals surface area contributed by atoms with Crippen molar-refractivity contribution in [2.24, 2.45) is 4.99 Å². The second-order valence-corrected chi connectivity index (χ2v) is 7.39. The predicted molar refractivity (Wildman–Crippen MR) is 137 cm³/mol. The maximum atomic E-state index is 4.67. The van der Waals surface area contributed by atoms with E-state index >= 15 is 0 Å². The summed E-state index contributed by atoms with van der Waals surface area (Å²) in [5, 5.41) is 6.76. The van der Waals surface area contributed by atoms with Gasteiger partial charge in [0.05, 0.1) is 0 Å². The second-order valence-electron chi connectivity index (χ2n) is 7.39. The first-order valence-corrected chi connectivity index (χ1v) is 10.7. The van der Waals surface area contributed by atoms with Crippen LogP contribution in [0, 0.1) is 0 Å². The number of halogens is 1. The van der Waals surface area contributed by atoms with E-state index in [4.69, 9.17) is 0 Å². The molecule has 30 heavy (non-hydrogen) atoms. The number of hydrogen-bond acceptors (Lipinski definition) is 4. The first-order valence-electron chi connectivity index (χ1n) is 10.7. The van der Waals surface area contributed by atoms with E-state index in [-0.39, 0.29) is 24.0 Å². The Labute approximate surface area is 198 Å². The van der Waals surface area contributed by atoms with Gasteiger partial charge in [-0.25, -0.2) is 4.98 Å². The average Bonchev–Trinajstić information content (AvgIpc) is 2.80. The van der Waals surface area contributed by atoms with Gasteiger partial charge in [-0.3, -0.25) is 4.99 Å². The number of aromatic nitrogens is 1. The molecule has 1 fully saturated rings. The normalized spacial score (nSPS) is 14.9. The summed E-state index contributed by atoms with van der Waals surface area (Å²) in [7, 11) is 1.81. The first kappa shape index (κ1) is 24.4. The maximum absolute atomic E-state index is 4.67. The third-order valence-electron chi connectivity index (χ3n) is 5.41. The minimum atomic E-state index is 0. The lowest BCUT2D eigenvalue weighted by Crippen LogP contribution is -2.46. The Morgan fingerprint density at radius 1 is 1.00 bits per heavy atom. The van der Waals surface area contributed by atoms with Gasteiger partial charge in [0.2, 0.25) is 0 Å². The van der Waals surface area contributed by atoms with Crippen molar-refractivity contribution in [1.29, 1.82) is 0 Å². The summed E-state index contributed by atoms with van der Waals surface area (Å²) in [4.78, 5) is 13.8. The lowest BCUT2D eigenvalue weighted by molar-refractivity contribution is 0.270. The minimum Gasteiger partial charge on any atom is -0.356 e. The molecule has 0 bridgehead atoms. The highest BCUT2D eigenvalue weighted by Gasteiger charge is 2.16. The summed E-state index contributed by atoms with van der Waals surface area (Å²) in [6.07, 6.45) is 4.12. The lowest BCUT2D eigenvalue weighted by atomic mass is 10.1. The molecule has 6 nitrogen and oxygen atoms in total. The van der Waals surface area contributed by atoms with E-state index in [2.05, 4.69) is 79.8 Å². The molecule has 1 aliphatic rings. The van der Waals surface area contributed by atoms with Gasteiger partial charge in [0.15, 0.2) is 5.96 Å². The van der Waals surface area contributed by atoms with E-state index in [9.17, 15) is 0 Å². The van der Waals surface area contributed by atoms with Crippen LogP contribution in [0.5, 0.6) is 0 Å². The van der Waals surface area contributed by atoms with Gasteiger partial charge in [0.25, 0.3) is 0 Å². The summed E-state index contributed by atoms with van der Waals surface area (Å²) in [5.41, 5.74) is 2.53. The number of anilines is 1. The summed E-state index contributed by atoms with van der Waals surface area (Å²) in [5.74, 6) is 1.91. The fraction of sp³-hybridized carbons (Fsp3) is 0.478. The van der Waals surface area contributed by atoms with E-state index in [1.807, 2.05) is 13.2 Å². The van der Waals surface area contributed by atoms with Crippen LogP contribution < -0.4 is 15.5 Å². The van der Waals surface area contributed by atoms with Crippen molar-refractivity contribution in [3.05, 3.63) is 59.8 Å². The van der Waals surface area contributed by atoms with Crippen LogP contribution in [0.3, 0.4) is 0 Å². The molecule has 0 saturated carbocycles. The van der Waals surface area contributed by atoms with Crippen LogP contribution in [-0.2, 0) is 13.0 Å². The topological polar surface area (TPSA) is 55.8 Å². The summed E-state index contributed by atoms with van der Waals surface area (Å²) in [6, 6.07) is 14.9. The van der Waals surface area contributed by atoms with Crippen LogP contribution in [0.4, 0.5) is 5.82 Å². The van der Waals surface area contributed by atoms with E-state index in [0.29, 0.717) is 0 Å². The third-order valence-corrected chi connectivity index (χ3v) is 5.41. The Hall–Kier alpha value is -1.87. The summed E-state index contributed by atoms with van der Waals surface area (Å²) in [6.45, 7) is 9.32. The van der Waals surface area contributed by atoms with Crippen molar-refractivity contribution < 1.29 is 0 Å². The first-order chi connectivity index (χ1) is 14.3. The lowest BCUT2D eigenvalue weighted by Gasteiger charge is -2.34. The van der Waals surface area contributed by atoms with E-state index in [1.165, 1.54) is 5.56 Å². The smallest absolute Gasteiger partial charge is 0.191 e. The molecular formula is C23H35IN6. The molecule has 2 aromatic rings. The maximum Gasteiger partial charge on any atom is 0.191 e. The molecule has 1 saturated heterocycles. The highest BCUT2D eigenvalue weighted by molar-refractivity contribution is 14.0. The molecule has 0 atom stereocenters. The predicted octanol–water partition coefficient (Wildman–Crippen LogP) is 3.14. The van der Waals surface area contributed by atoms with Crippen molar-refractivity contribution in [1.82, 2.24) is 20.5 Å². The van der Waals surface area contributed by atoms with Crippen LogP contribution in [0.15, 0.2) is 53.7 Å². The van der Waals surface area contributed by atoms with Crippen molar-refractivity contribution in [3.8, 4) is 0 Å². The van der Waals surface area contributed by atoms with Crippen molar-refractivity contribution in [2.75, 3.05) is 51.2 Å². The van der Waals surface area contributed by atoms with Gasteiger partial charge in [-0.05, 0) is 36.6 Å². The van der Waals surface area contributed by atoms with Gasteiger partial charge in [-0.1, -0.05) is 43.3 Å². The second kappa shape index (κ2) is 13.4. The molecule has 0 unspecified atom stereocenters. The molecule has 2 N–H and O–H groups in total. The molecule has 164 valence electrons. The van der Waals surface area contributed by atoms with Crippen molar-refractivity contribution >= 4 is 35.8 Å². The molecule has 1 aliphatic heterocycles. The van der Waals surface area contributed by atoms with Gasteiger partial charge in [-0.15, -0.1) is 24.0 Å². The molecule has 2 heterocycles. The monoisotopic (exact) mass is 522 g/mol. The fourth-order valence-corrected chi connectivity index (χ4v) is 3.55. The zero-order chi connectivity index (χ0) is 20.3. The Kier molecular flexibility index (Phi) is 10.9. The molecule has 7 heteroatoms. The van der Waals surface area contributed by atoms with Crippen LogP contribution >= 0.6 is 24.0 Å². The Morgan fingerprint density at radius 2 is 1.77 bits per heavy atom. The van der Waals surface area contributed by atoms with Gasteiger partial charge >= 0.3 is 0 Å². The number of nitrogens with one attached hydrogen (secondary N) is 2. The Balaban J connectivity index is 0.00000320. The molecule has 0 radical (unpaired) electrons. The molecular weight excluding hydrogens is 487 g/mol. The standard InChI is InChI=1S/C23H34N6.HI/c1-3-28-14-16-29(17-15-28)22-12-11-21(18-26-22)19-27-23(24-2)25-13-7-10-20-8-5-4-6-9-20;/h4-6,8-9,11-12,18H,3,7,10,13-17,19H2,1-2H3,(H2,24,25,27);1H. The van der Waals surface area contributed by atoms with Crippen molar-refractivity contribution in [2.45, 2.75) is 26.3 Å². The van der Waals surface area contributed by atoms with Gasteiger partial charge in [-0.2, -0.15) is 0 Å². The van der Waals surface area contributed by atoms with Gasteiger partial charge in [0, 0.05) is 52.5 Å². The number of hydrogen-bond donors (Lipinski definition) is 2. The number of pyridine rings is 1. The summed E-state index contributed by atoms with van der Waals surface area (Å²) < 4.78 is 0. The van der Waals surface area contributed by atoms with Crippen LogP contribution in [0.1, 0.15) is 24.5 Å². The number of benzene rings is 1. The molecule has 0 amide bonds. The third kappa shape index (κ3) is 7.75. The average molecular weight is 522 g/mol. The number of aryl methyl sites for hydroxylation is 1. The highest BCUT2D eigenvalue weighted by Crippen LogP contribution is 2.14. The van der Waals surface area contributed by atoms with Crippen LogP contribution in [0.2, 0.25) is 0 Å². The number of piperazine rings is 1. The summed E-state index contributed by atoms with van der Waals surface area (Å²) >= 11 is 0. The zero-order valence-electron chi connectivity index (χ0n) is 18.2. The molecule has 0 spiro atoms. The minimum absolute atomic E-state index is 0. The molecule has 0 aliphatic carbocycles. The van der Waals surface area contributed by atoms with Crippen LogP contribution in [-0.4, -0.2) is 62.2 Å². The SMILES string of the molecule is CCN1CCN(c2ccc(CNC(=NC)NCCCc3ccccc3)cn2)CC1.I. The Bertz CT molecular complexity index is 742.